The zero-order valence-electron chi connectivity index (χ0n) is 20.4. The second-order valence-corrected chi connectivity index (χ2v) is 11.4. The molecule has 7 rings (SSSR count). The van der Waals surface area contributed by atoms with Gasteiger partial charge in [-0.25, -0.2) is 9.78 Å². The molecule has 184 valence electrons. The third-order valence-corrected chi connectivity index (χ3v) is 9.14. The molecule has 5 fully saturated rings. The van der Waals surface area contributed by atoms with Gasteiger partial charge in [0.15, 0.2) is 5.65 Å². The van der Waals surface area contributed by atoms with E-state index in [1.807, 2.05) is 11.8 Å². The van der Waals surface area contributed by atoms with Gasteiger partial charge in [-0.15, -0.1) is 0 Å². The molecule has 3 heterocycles. The molecule has 2 unspecified atom stereocenters. The molecular weight excluding hydrogens is 432 g/mol. The van der Waals surface area contributed by atoms with Crippen LogP contribution in [0, 0.1) is 17.8 Å². The van der Waals surface area contributed by atoms with Crippen molar-refractivity contribution in [2.24, 2.45) is 17.8 Å². The number of carbonyl (C=O) groups is 1. The molecule has 0 aromatic carbocycles. The fraction of sp³-hybridized carbons (Fsp3) is 0.760. The number of H-pyrrole nitrogens is 1. The summed E-state index contributed by atoms with van der Waals surface area (Å²) in [6.07, 6.45) is 7.03. The second kappa shape index (κ2) is 8.07. The van der Waals surface area contributed by atoms with Crippen molar-refractivity contribution in [1.82, 2.24) is 28.9 Å². The van der Waals surface area contributed by atoms with Gasteiger partial charge >= 0.3 is 5.69 Å². The number of fused-ring (bicyclic) bond motifs is 1. The van der Waals surface area contributed by atoms with Crippen LogP contribution in [0.3, 0.4) is 0 Å². The first-order valence-corrected chi connectivity index (χ1v) is 13.1. The van der Waals surface area contributed by atoms with Crippen LogP contribution in [0.1, 0.15) is 57.7 Å². The minimum atomic E-state index is -0.350. The van der Waals surface area contributed by atoms with E-state index in [1.54, 1.807) is 4.57 Å². The van der Waals surface area contributed by atoms with Crippen molar-refractivity contribution in [3.05, 3.63) is 26.7 Å². The number of nitrogens with zero attached hydrogens (tertiary/aromatic N) is 5. The van der Waals surface area contributed by atoms with Crippen LogP contribution in [0.2, 0.25) is 0 Å². The summed E-state index contributed by atoms with van der Waals surface area (Å²) in [6, 6.07) is 0. The largest absolute Gasteiger partial charge is 0.340 e. The lowest BCUT2D eigenvalue weighted by atomic mass is 9.69. The first-order valence-electron chi connectivity index (χ1n) is 13.1. The standard InChI is InChI=1S/C25H36N6O3/c1-3-5-31-22(33)20-21(27-23(26-20)25-13-16-11-17(14-25)18(12-16)15-25)30(24(31)34)6-4-19(32)29-9-7-28(2)8-10-29/h16-18H,3-15H2,1-2H3,(H,26,27). The Labute approximate surface area is 199 Å². The molecule has 4 aliphatic carbocycles. The summed E-state index contributed by atoms with van der Waals surface area (Å²) in [5, 5.41) is 0. The molecule has 2 aromatic heterocycles. The number of carbonyl (C=O) groups excluding carboxylic acids is 1. The lowest BCUT2D eigenvalue weighted by Gasteiger charge is -2.36. The highest BCUT2D eigenvalue weighted by atomic mass is 16.2. The average molecular weight is 469 g/mol. The van der Waals surface area contributed by atoms with Gasteiger partial charge < -0.3 is 14.8 Å². The molecule has 1 saturated heterocycles. The number of amides is 1. The van der Waals surface area contributed by atoms with Crippen LogP contribution in [0.25, 0.3) is 11.2 Å². The van der Waals surface area contributed by atoms with Gasteiger partial charge in [-0.1, -0.05) is 6.92 Å². The number of piperazine rings is 1. The number of nitrogens with one attached hydrogen (secondary N) is 1. The summed E-state index contributed by atoms with van der Waals surface area (Å²) in [6.45, 7) is 5.74. The highest BCUT2D eigenvalue weighted by molar-refractivity contribution is 5.76. The van der Waals surface area contributed by atoms with E-state index in [9.17, 15) is 14.4 Å². The molecule has 2 atom stereocenters. The Morgan fingerprint density at radius 3 is 2.38 bits per heavy atom. The van der Waals surface area contributed by atoms with Crippen molar-refractivity contribution < 1.29 is 4.79 Å². The smallest absolute Gasteiger partial charge is 0.332 e. The van der Waals surface area contributed by atoms with Crippen LogP contribution >= 0.6 is 0 Å². The lowest BCUT2D eigenvalue weighted by molar-refractivity contribution is -0.133. The molecule has 9 nitrogen and oxygen atoms in total. The molecule has 34 heavy (non-hydrogen) atoms. The quantitative estimate of drug-likeness (QED) is 0.694. The summed E-state index contributed by atoms with van der Waals surface area (Å²) in [7, 11) is 2.06. The third-order valence-electron chi connectivity index (χ3n) is 9.14. The van der Waals surface area contributed by atoms with E-state index in [0.29, 0.717) is 37.2 Å². The Bertz CT molecular complexity index is 1210. The van der Waals surface area contributed by atoms with Crippen molar-refractivity contribution in [2.75, 3.05) is 33.2 Å². The van der Waals surface area contributed by atoms with Crippen LogP contribution in [0.5, 0.6) is 0 Å². The zero-order chi connectivity index (χ0) is 23.6. The van der Waals surface area contributed by atoms with Crippen molar-refractivity contribution in [1.29, 1.82) is 0 Å². The van der Waals surface area contributed by atoms with Crippen LogP contribution in [0.4, 0.5) is 0 Å². The van der Waals surface area contributed by atoms with E-state index in [0.717, 1.165) is 55.9 Å². The molecule has 4 bridgehead atoms. The minimum absolute atomic E-state index is 0.0219. The number of rotatable bonds is 6. The van der Waals surface area contributed by atoms with E-state index < -0.39 is 0 Å². The number of likely N-dealkylation sites (N-methyl/N-ethyl adjacent to an activating group) is 1. The molecule has 1 aliphatic heterocycles. The van der Waals surface area contributed by atoms with E-state index in [2.05, 4.69) is 16.9 Å². The summed E-state index contributed by atoms with van der Waals surface area (Å²) < 4.78 is 2.89. The Balaban J connectivity index is 1.35. The first-order chi connectivity index (χ1) is 16.4. The van der Waals surface area contributed by atoms with Crippen molar-refractivity contribution in [3.63, 3.8) is 0 Å². The maximum atomic E-state index is 13.4. The highest BCUT2D eigenvalue weighted by Crippen LogP contribution is 2.64. The normalized spacial score (nSPS) is 30.6. The molecule has 5 aliphatic rings. The van der Waals surface area contributed by atoms with Gasteiger partial charge in [0.25, 0.3) is 5.56 Å². The molecule has 9 heteroatoms. The van der Waals surface area contributed by atoms with Crippen LogP contribution in [-0.4, -0.2) is 68.0 Å². The van der Waals surface area contributed by atoms with E-state index in [1.165, 1.54) is 17.4 Å². The highest BCUT2D eigenvalue weighted by Gasteiger charge is 2.57. The first kappa shape index (κ1) is 22.1. The van der Waals surface area contributed by atoms with E-state index in [4.69, 9.17) is 4.98 Å². The molecule has 4 saturated carbocycles. The maximum Gasteiger partial charge on any atom is 0.332 e. The van der Waals surface area contributed by atoms with Crippen molar-refractivity contribution in [3.8, 4) is 0 Å². The van der Waals surface area contributed by atoms with Gasteiger partial charge in [0.05, 0.1) is 0 Å². The average Bonchev–Trinajstić information content (AvgIpc) is 3.46. The number of aryl methyl sites for hydroxylation is 1. The number of imidazole rings is 1. The SMILES string of the molecule is CCCn1c(=O)c2[nH]c(C34CC5CC(C3)C(C5)C4)nc2n(CCC(=O)N2CCN(C)CC2)c1=O. The minimum Gasteiger partial charge on any atom is -0.340 e. The van der Waals surface area contributed by atoms with E-state index in [-0.39, 0.29) is 35.5 Å². The molecule has 1 amide bonds. The maximum absolute atomic E-state index is 13.4. The molecular formula is C25H36N6O3. The second-order valence-electron chi connectivity index (χ2n) is 11.4. The number of aromatic amines is 1. The molecule has 0 radical (unpaired) electrons. The van der Waals surface area contributed by atoms with Crippen LogP contribution in [-0.2, 0) is 23.3 Å². The Morgan fingerprint density at radius 1 is 1.03 bits per heavy atom. The monoisotopic (exact) mass is 468 g/mol. The predicted molar refractivity (Wildman–Crippen MR) is 129 cm³/mol. The lowest BCUT2D eigenvalue weighted by Crippen LogP contribution is -2.47. The van der Waals surface area contributed by atoms with E-state index >= 15 is 0 Å². The summed E-state index contributed by atoms with van der Waals surface area (Å²) in [5.74, 6) is 3.29. The summed E-state index contributed by atoms with van der Waals surface area (Å²) in [5.41, 5.74) is 0.243. The van der Waals surface area contributed by atoms with Gasteiger partial charge in [0.1, 0.15) is 11.3 Å². The van der Waals surface area contributed by atoms with Crippen molar-refractivity contribution >= 4 is 17.1 Å². The van der Waals surface area contributed by atoms with Gasteiger partial charge in [-0.05, 0) is 63.3 Å². The number of aromatic nitrogens is 4. The Kier molecular flexibility index (Phi) is 5.24. The summed E-state index contributed by atoms with van der Waals surface area (Å²) >= 11 is 0. The zero-order valence-corrected chi connectivity index (χ0v) is 20.4. The predicted octanol–water partition coefficient (Wildman–Crippen LogP) is 1.54. The molecule has 1 N–H and O–H groups in total. The number of hydrogen-bond donors (Lipinski definition) is 1. The van der Waals surface area contributed by atoms with Gasteiger partial charge in [0, 0.05) is 51.1 Å². The number of hydrogen-bond acceptors (Lipinski definition) is 5. The third kappa shape index (κ3) is 3.38. The fourth-order valence-corrected chi connectivity index (χ4v) is 7.56. The Hall–Kier alpha value is -2.42. The van der Waals surface area contributed by atoms with Crippen LogP contribution < -0.4 is 11.2 Å². The molecule has 0 spiro atoms. The molecule has 2 aromatic rings. The fourth-order valence-electron chi connectivity index (χ4n) is 7.56. The van der Waals surface area contributed by atoms with Gasteiger partial charge in [0.2, 0.25) is 5.91 Å². The Morgan fingerprint density at radius 2 is 1.74 bits per heavy atom. The van der Waals surface area contributed by atoms with Gasteiger partial charge in [-0.2, -0.15) is 0 Å². The summed E-state index contributed by atoms with van der Waals surface area (Å²) in [4.78, 5) is 52.0. The van der Waals surface area contributed by atoms with Crippen LogP contribution in [0.15, 0.2) is 9.59 Å². The van der Waals surface area contributed by atoms with Crippen molar-refractivity contribution in [2.45, 2.75) is 70.4 Å². The topological polar surface area (TPSA) is 96.2 Å². The van der Waals surface area contributed by atoms with Gasteiger partial charge in [-0.3, -0.25) is 18.7 Å².